The van der Waals surface area contributed by atoms with Crippen molar-refractivity contribution < 1.29 is 4.74 Å². The maximum absolute atomic E-state index is 5.16. The Balaban J connectivity index is 1.81. The summed E-state index contributed by atoms with van der Waals surface area (Å²) in [6.45, 7) is 5.36. The van der Waals surface area contributed by atoms with Crippen molar-refractivity contribution >= 4 is 11.3 Å². The third kappa shape index (κ3) is 5.44. The Morgan fingerprint density at radius 3 is 2.52 bits per heavy atom. The van der Waals surface area contributed by atoms with E-state index in [9.17, 15) is 0 Å². The van der Waals surface area contributed by atoms with Crippen LogP contribution in [0.25, 0.3) is 0 Å². The topological polar surface area (TPSA) is 47.0 Å². The summed E-state index contributed by atoms with van der Waals surface area (Å²) in [5.41, 5.74) is 1.24. The number of nitrogens with one attached hydrogen (secondary N) is 1. The van der Waals surface area contributed by atoms with E-state index in [0.717, 1.165) is 41.6 Å². The number of nitrogens with zero attached hydrogens (tertiary/aromatic N) is 2. The van der Waals surface area contributed by atoms with E-state index in [4.69, 9.17) is 4.74 Å². The molecular formula is C16H23N3OS. The lowest BCUT2D eigenvalue weighted by Crippen LogP contribution is -2.23. The highest BCUT2D eigenvalue weighted by Gasteiger charge is 2.05. The zero-order valence-corrected chi connectivity index (χ0v) is 13.7. The number of aromatic nitrogens is 2. The first-order valence-corrected chi connectivity index (χ1v) is 8.16. The van der Waals surface area contributed by atoms with Gasteiger partial charge < -0.3 is 10.1 Å². The van der Waals surface area contributed by atoms with Crippen molar-refractivity contribution in [3.63, 3.8) is 0 Å². The van der Waals surface area contributed by atoms with Gasteiger partial charge >= 0.3 is 0 Å². The van der Waals surface area contributed by atoms with Gasteiger partial charge in [0, 0.05) is 18.9 Å². The Morgan fingerprint density at radius 2 is 1.86 bits per heavy atom. The first-order valence-electron chi connectivity index (χ1n) is 7.35. The van der Waals surface area contributed by atoms with Gasteiger partial charge in [-0.25, -0.2) is 0 Å². The second kappa shape index (κ2) is 8.10. The maximum atomic E-state index is 5.16. The third-order valence-corrected chi connectivity index (χ3v) is 4.13. The molecule has 1 aromatic carbocycles. The van der Waals surface area contributed by atoms with E-state index < -0.39 is 0 Å². The summed E-state index contributed by atoms with van der Waals surface area (Å²) in [4.78, 5) is 0. The van der Waals surface area contributed by atoms with Crippen molar-refractivity contribution in [2.45, 2.75) is 39.2 Å². The molecule has 0 saturated carbocycles. The van der Waals surface area contributed by atoms with Gasteiger partial charge in [-0.3, -0.25) is 0 Å². The molecule has 0 amide bonds. The van der Waals surface area contributed by atoms with E-state index in [1.54, 1.807) is 18.4 Å². The summed E-state index contributed by atoms with van der Waals surface area (Å²) < 4.78 is 5.16. The number of benzene rings is 1. The Morgan fingerprint density at radius 1 is 1.14 bits per heavy atom. The van der Waals surface area contributed by atoms with Crippen LogP contribution in [0.5, 0.6) is 5.75 Å². The number of ether oxygens (including phenoxy) is 1. The standard InChI is InChI=1S/C16H23N3OS/c1-12(2)17-10-4-5-15-18-19-16(21-15)11-13-6-8-14(20-3)9-7-13/h6-9,12,17H,4-5,10-11H2,1-3H3. The molecule has 0 fully saturated rings. The van der Waals surface area contributed by atoms with Crippen LogP contribution in [-0.4, -0.2) is 29.9 Å². The van der Waals surface area contributed by atoms with Crippen molar-refractivity contribution in [1.29, 1.82) is 0 Å². The van der Waals surface area contributed by atoms with Crippen LogP contribution in [-0.2, 0) is 12.8 Å². The summed E-state index contributed by atoms with van der Waals surface area (Å²) in [6, 6.07) is 8.66. The van der Waals surface area contributed by atoms with E-state index in [0.29, 0.717) is 6.04 Å². The maximum Gasteiger partial charge on any atom is 0.121 e. The van der Waals surface area contributed by atoms with Crippen LogP contribution >= 0.6 is 11.3 Å². The van der Waals surface area contributed by atoms with Crippen molar-refractivity contribution in [3.05, 3.63) is 39.8 Å². The molecule has 0 bridgehead atoms. The SMILES string of the molecule is COc1ccc(Cc2nnc(CCCNC(C)C)s2)cc1. The summed E-state index contributed by atoms with van der Waals surface area (Å²) >= 11 is 1.72. The molecule has 0 radical (unpaired) electrons. The van der Waals surface area contributed by atoms with Gasteiger partial charge in [-0.15, -0.1) is 21.5 Å². The highest BCUT2D eigenvalue weighted by Crippen LogP contribution is 2.18. The second-order valence-electron chi connectivity index (χ2n) is 5.33. The Bertz CT molecular complexity index is 537. The largest absolute Gasteiger partial charge is 0.497 e. The molecule has 114 valence electrons. The zero-order chi connectivity index (χ0) is 15.1. The minimum absolute atomic E-state index is 0.546. The fraction of sp³-hybridized carbons (Fsp3) is 0.500. The molecule has 0 unspecified atom stereocenters. The fourth-order valence-corrected chi connectivity index (χ4v) is 2.93. The van der Waals surface area contributed by atoms with Crippen molar-refractivity contribution in [2.24, 2.45) is 0 Å². The van der Waals surface area contributed by atoms with Gasteiger partial charge in [0.15, 0.2) is 0 Å². The molecule has 5 heteroatoms. The highest BCUT2D eigenvalue weighted by molar-refractivity contribution is 7.11. The normalized spacial score (nSPS) is 11.0. The number of aryl methyl sites for hydroxylation is 1. The molecule has 0 spiro atoms. The van der Waals surface area contributed by atoms with E-state index in [2.05, 4.69) is 41.5 Å². The molecule has 0 atom stereocenters. The third-order valence-electron chi connectivity index (χ3n) is 3.14. The van der Waals surface area contributed by atoms with Crippen molar-refractivity contribution in [2.75, 3.05) is 13.7 Å². The quantitative estimate of drug-likeness (QED) is 0.761. The molecule has 1 N–H and O–H groups in total. The minimum Gasteiger partial charge on any atom is -0.497 e. The van der Waals surface area contributed by atoms with Crippen LogP contribution in [0.3, 0.4) is 0 Å². The molecule has 21 heavy (non-hydrogen) atoms. The van der Waals surface area contributed by atoms with Gasteiger partial charge in [0.05, 0.1) is 7.11 Å². The number of hydrogen-bond acceptors (Lipinski definition) is 5. The molecule has 0 saturated heterocycles. The average molecular weight is 305 g/mol. The van der Waals surface area contributed by atoms with Crippen molar-refractivity contribution in [1.82, 2.24) is 15.5 Å². The minimum atomic E-state index is 0.546. The Kier molecular flexibility index (Phi) is 6.14. The van der Waals surface area contributed by atoms with E-state index in [1.807, 2.05) is 12.1 Å². The first kappa shape index (κ1) is 15.9. The molecule has 1 aromatic heterocycles. The number of methoxy groups -OCH3 is 1. The summed E-state index contributed by atoms with van der Waals surface area (Å²) in [5, 5.41) is 14.2. The molecule has 0 aliphatic rings. The summed E-state index contributed by atoms with van der Waals surface area (Å²) in [5.74, 6) is 0.884. The number of hydrogen-bond donors (Lipinski definition) is 1. The molecule has 2 rings (SSSR count). The zero-order valence-electron chi connectivity index (χ0n) is 12.9. The van der Waals surface area contributed by atoms with Gasteiger partial charge in [-0.05, 0) is 30.7 Å². The smallest absolute Gasteiger partial charge is 0.121 e. The monoisotopic (exact) mass is 305 g/mol. The molecule has 0 aliphatic carbocycles. The van der Waals surface area contributed by atoms with Gasteiger partial charge in [0.25, 0.3) is 0 Å². The second-order valence-corrected chi connectivity index (χ2v) is 6.47. The first-order chi connectivity index (χ1) is 10.2. The lowest BCUT2D eigenvalue weighted by molar-refractivity contribution is 0.414. The van der Waals surface area contributed by atoms with Gasteiger partial charge in [0.2, 0.25) is 0 Å². The fourth-order valence-electron chi connectivity index (χ4n) is 2.01. The van der Waals surface area contributed by atoms with E-state index >= 15 is 0 Å². The van der Waals surface area contributed by atoms with E-state index in [1.165, 1.54) is 5.56 Å². The molecular weight excluding hydrogens is 282 g/mol. The van der Waals surface area contributed by atoms with Crippen LogP contribution in [0.4, 0.5) is 0 Å². The van der Waals surface area contributed by atoms with Crippen LogP contribution in [0.15, 0.2) is 24.3 Å². The Labute approximate surface area is 130 Å². The predicted octanol–water partition coefficient (Wildman–Crippen LogP) is 3.07. The lowest BCUT2D eigenvalue weighted by Gasteiger charge is -2.05. The average Bonchev–Trinajstić information content (AvgIpc) is 2.92. The molecule has 2 aromatic rings. The highest BCUT2D eigenvalue weighted by atomic mass is 32.1. The van der Waals surface area contributed by atoms with Crippen LogP contribution in [0.1, 0.15) is 35.8 Å². The Hall–Kier alpha value is -1.46. The van der Waals surface area contributed by atoms with E-state index in [-0.39, 0.29) is 0 Å². The summed E-state index contributed by atoms with van der Waals surface area (Å²) in [6.07, 6.45) is 2.95. The van der Waals surface area contributed by atoms with Gasteiger partial charge in [-0.2, -0.15) is 0 Å². The van der Waals surface area contributed by atoms with Gasteiger partial charge in [-0.1, -0.05) is 26.0 Å². The lowest BCUT2D eigenvalue weighted by atomic mass is 10.1. The molecule has 4 nitrogen and oxygen atoms in total. The van der Waals surface area contributed by atoms with Gasteiger partial charge in [0.1, 0.15) is 15.8 Å². The predicted molar refractivity (Wildman–Crippen MR) is 87.2 cm³/mol. The van der Waals surface area contributed by atoms with Crippen molar-refractivity contribution in [3.8, 4) is 5.75 Å². The van der Waals surface area contributed by atoms with Crippen LogP contribution < -0.4 is 10.1 Å². The molecule has 0 aliphatic heterocycles. The van der Waals surface area contributed by atoms with Crippen LogP contribution in [0, 0.1) is 0 Å². The number of rotatable bonds is 8. The molecule has 1 heterocycles. The van der Waals surface area contributed by atoms with Crippen LogP contribution in [0.2, 0.25) is 0 Å². The summed E-state index contributed by atoms with van der Waals surface area (Å²) in [7, 11) is 1.68.